The summed E-state index contributed by atoms with van der Waals surface area (Å²) in [6.45, 7) is 0. The summed E-state index contributed by atoms with van der Waals surface area (Å²) >= 11 is 6.01. The van der Waals surface area contributed by atoms with Crippen molar-refractivity contribution in [2.45, 2.75) is 0 Å². The van der Waals surface area contributed by atoms with E-state index in [1.54, 1.807) is 48.5 Å². The summed E-state index contributed by atoms with van der Waals surface area (Å²) in [5.41, 5.74) is 11.6. The first-order chi connectivity index (χ1) is 12.9. The lowest BCUT2D eigenvalue weighted by Gasteiger charge is -2.09. The van der Waals surface area contributed by atoms with E-state index in [0.29, 0.717) is 22.0 Å². The molecule has 3 aromatic rings. The van der Waals surface area contributed by atoms with Gasteiger partial charge in [-0.3, -0.25) is 19.0 Å². The Kier molecular flexibility index (Phi) is 4.91. The molecule has 1 aromatic heterocycles. The predicted molar refractivity (Wildman–Crippen MR) is 100 cm³/mol. The fourth-order valence-electron chi connectivity index (χ4n) is 2.51. The molecule has 136 valence electrons. The Balaban J connectivity index is 1.86. The van der Waals surface area contributed by atoms with Crippen LogP contribution in [0.2, 0.25) is 5.02 Å². The third-order valence-electron chi connectivity index (χ3n) is 3.76. The fourth-order valence-corrected chi connectivity index (χ4v) is 2.73. The Labute approximate surface area is 158 Å². The van der Waals surface area contributed by atoms with Crippen molar-refractivity contribution < 1.29 is 14.4 Å². The highest BCUT2D eigenvalue weighted by Gasteiger charge is 2.21. The van der Waals surface area contributed by atoms with E-state index in [1.807, 2.05) is 0 Å². The van der Waals surface area contributed by atoms with Gasteiger partial charge < -0.3 is 16.8 Å². The molecule has 1 heterocycles. The van der Waals surface area contributed by atoms with Crippen LogP contribution in [0.1, 0.15) is 31.3 Å². The highest BCUT2D eigenvalue weighted by atomic mass is 35.5. The molecule has 3 amide bonds. The molecule has 3 rings (SSSR count). The van der Waals surface area contributed by atoms with Crippen molar-refractivity contribution in [1.29, 1.82) is 0 Å². The van der Waals surface area contributed by atoms with Crippen LogP contribution in [0.15, 0.2) is 54.9 Å². The van der Waals surface area contributed by atoms with Gasteiger partial charge in [-0.05, 0) is 36.4 Å². The Hall–Kier alpha value is -3.65. The van der Waals surface area contributed by atoms with Gasteiger partial charge in [0, 0.05) is 11.4 Å². The van der Waals surface area contributed by atoms with Crippen molar-refractivity contribution >= 4 is 35.0 Å². The van der Waals surface area contributed by atoms with Crippen LogP contribution in [-0.4, -0.2) is 27.3 Å². The van der Waals surface area contributed by atoms with Crippen LogP contribution in [0.25, 0.3) is 5.69 Å². The second-order valence-electron chi connectivity index (χ2n) is 5.52. The number of aromatic nitrogens is 2. The number of hydrogen-bond donors (Lipinski definition) is 3. The monoisotopic (exact) mass is 383 g/mol. The highest BCUT2D eigenvalue weighted by molar-refractivity contribution is 6.34. The summed E-state index contributed by atoms with van der Waals surface area (Å²) in [5.74, 6) is -2.05. The lowest BCUT2D eigenvalue weighted by atomic mass is 10.2. The third-order valence-corrected chi connectivity index (χ3v) is 4.09. The molecule has 0 fully saturated rings. The van der Waals surface area contributed by atoms with Crippen LogP contribution in [0.3, 0.4) is 0 Å². The molecule has 0 radical (unpaired) electrons. The zero-order valence-corrected chi connectivity index (χ0v) is 14.6. The zero-order valence-electron chi connectivity index (χ0n) is 13.8. The Morgan fingerprint density at radius 3 is 2.22 bits per heavy atom. The first kappa shape index (κ1) is 18.2. The number of nitrogens with zero attached hydrogens (tertiary/aromatic N) is 2. The topological polar surface area (TPSA) is 133 Å². The lowest BCUT2D eigenvalue weighted by molar-refractivity contribution is 0.0960. The molecule has 27 heavy (non-hydrogen) atoms. The number of rotatable bonds is 5. The number of benzene rings is 2. The first-order valence-corrected chi connectivity index (χ1v) is 8.09. The maximum atomic E-state index is 12.3. The molecule has 0 aliphatic heterocycles. The molecule has 0 spiro atoms. The quantitative estimate of drug-likeness (QED) is 0.621. The third kappa shape index (κ3) is 3.65. The minimum Gasteiger partial charge on any atom is -0.364 e. The number of nitrogens with one attached hydrogen (secondary N) is 1. The molecule has 0 atom stereocenters. The molecular weight excluding hydrogens is 370 g/mol. The van der Waals surface area contributed by atoms with Gasteiger partial charge in [0.15, 0.2) is 5.69 Å². The smallest absolute Gasteiger partial charge is 0.269 e. The summed E-state index contributed by atoms with van der Waals surface area (Å²) in [4.78, 5) is 39.2. The summed E-state index contributed by atoms with van der Waals surface area (Å²) in [7, 11) is 0. The molecule has 0 aliphatic rings. The number of nitrogens with two attached hydrogens (primary N) is 2. The second-order valence-corrected chi connectivity index (χ2v) is 5.93. The van der Waals surface area contributed by atoms with Gasteiger partial charge in [0.2, 0.25) is 0 Å². The van der Waals surface area contributed by atoms with Gasteiger partial charge in [0.25, 0.3) is 17.7 Å². The van der Waals surface area contributed by atoms with Crippen LogP contribution in [0.4, 0.5) is 5.69 Å². The van der Waals surface area contributed by atoms with Crippen LogP contribution in [-0.2, 0) is 0 Å². The highest BCUT2D eigenvalue weighted by Crippen LogP contribution is 2.20. The molecule has 8 nitrogen and oxygen atoms in total. The molecule has 9 heteroatoms. The number of amides is 3. The SMILES string of the molecule is NC(=O)c1ncn(-c2ccc(NC(=O)c3ccccc3Cl)cc2)c1C(N)=O. The minimum absolute atomic E-state index is 0.115. The Bertz CT molecular complexity index is 1040. The fraction of sp³-hybridized carbons (Fsp3) is 0. The van der Waals surface area contributed by atoms with E-state index >= 15 is 0 Å². The van der Waals surface area contributed by atoms with E-state index < -0.39 is 11.8 Å². The molecule has 0 saturated heterocycles. The van der Waals surface area contributed by atoms with E-state index in [1.165, 1.54) is 10.9 Å². The van der Waals surface area contributed by atoms with Gasteiger partial charge in [0.05, 0.1) is 10.6 Å². The van der Waals surface area contributed by atoms with Crippen LogP contribution in [0.5, 0.6) is 0 Å². The Morgan fingerprint density at radius 2 is 1.63 bits per heavy atom. The molecule has 5 N–H and O–H groups in total. The molecule has 0 aliphatic carbocycles. The van der Waals surface area contributed by atoms with Gasteiger partial charge >= 0.3 is 0 Å². The normalized spacial score (nSPS) is 10.4. The van der Waals surface area contributed by atoms with Gasteiger partial charge in [-0.25, -0.2) is 4.98 Å². The van der Waals surface area contributed by atoms with Crippen molar-refractivity contribution in [1.82, 2.24) is 9.55 Å². The molecule has 2 aromatic carbocycles. The summed E-state index contributed by atoms with van der Waals surface area (Å²) in [6.07, 6.45) is 1.28. The number of carbonyl (C=O) groups is 3. The Morgan fingerprint density at radius 1 is 0.963 bits per heavy atom. The van der Waals surface area contributed by atoms with Crippen molar-refractivity contribution in [2.24, 2.45) is 11.5 Å². The minimum atomic E-state index is -0.855. The number of imidazole rings is 1. The lowest BCUT2D eigenvalue weighted by Crippen LogP contribution is -2.22. The van der Waals surface area contributed by atoms with E-state index in [0.717, 1.165) is 0 Å². The van der Waals surface area contributed by atoms with E-state index in [2.05, 4.69) is 10.3 Å². The van der Waals surface area contributed by atoms with Crippen LogP contribution in [0, 0.1) is 0 Å². The average Bonchev–Trinajstić information content (AvgIpc) is 3.08. The van der Waals surface area contributed by atoms with Crippen LogP contribution >= 0.6 is 11.6 Å². The van der Waals surface area contributed by atoms with Gasteiger partial charge in [0.1, 0.15) is 12.0 Å². The van der Waals surface area contributed by atoms with Crippen molar-refractivity contribution in [3.63, 3.8) is 0 Å². The van der Waals surface area contributed by atoms with E-state index in [4.69, 9.17) is 23.1 Å². The zero-order chi connectivity index (χ0) is 19.6. The predicted octanol–water partition coefficient (Wildman–Crippen LogP) is 1.98. The summed E-state index contributed by atoms with van der Waals surface area (Å²) < 4.78 is 1.35. The first-order valence-electron chi connectivity index (χ1n) is 7.71. The molecule has 0 saturated carbocycles. The number of hydrogen-bond acceptors (Lipinski definition) is 4. The van der Waals surface area contributed by atoms with Gasteiger partial charge in [-0.15, -0.1) is 0 Å². The standard InChI is InChI=1S/C18H14ClN5O3/c19-13-4-2-1-3-12(13)18(27)23-10-5-7-11(8-6-10)24-9-22-14(16(20)25)15(24)17(21)26/h1-9H,(H2,20,25)(H2,21,26)(H,23,27). The molecule has 0 unspecified atom stereocenters. The molecule has 0 bridgehead atoms. The van der Waals surface area contributed by atoms with Crippen molar-refractivity contribution in [2.75, 3.05) is 5.32 Å². The van der Waals surface area contributed by atoms with Gasteiger partial charge in [-0.2, -0.15) is 0 Å². The van der Waals surface area contributed by atoms with Crippen molar-refractivity contribution in [3.8, 4) is 5.69 Å². The number of halogens is 1. The summed E-state index contributed by atoms with van der Waals surface area (Å²) in [5, 5.41) is 3.07. The number of primary amides is 2. The maximum Gasteiger partial charge on any atom is 0.269 e. The van der Waals surface area contributed by atoms with E-state index in [-0.39, 0.29) is 17.3 Å². The van der Waals surface area contributed by atoms with Crippen LogP contribution < -0.4 is 16.8 Å². The number of anilines is 1. The molecular formula is C18H14ClN5O3. The number of carbonyl (C=O) groups excluding carboxylic acids is 3. The van der Waals surface area contributed by atoms with E-state index in [9.17, 15) is 14.4 Å². The summed E-state index contributed by atoms with van der Waals surface area (Å²) in [6, 6.07) is 13.2. The van der Waals surface area contributed by atoms with Gasteiger partial charge in [-0.1, -0.05) is 23.7 Å². The maximum absolute atomic E-state index is 12.3. The average molecular weight is 384 g/mol. The second kappa shape index (κ2) is 7.30. The van der Waals surface area contributed by atoms with Crippen molar-refractivity contribution in [3.05, 3.63) is 76.8 Å². The largest absolute Gasteiger partial charge is 0.364 e.